The van der Waals surface area contributed by atoms with E-state index in [-0.39, 0.29) is 0 Å². The maximum atomic E-state index is 2.25. The van der Waals surface area contributed by atoms with Gasteiger partial charge in [-0.15, -0.1) is 0 Å². The Kier molecular flexibility index (Phi) is 6.25. The Morgan fingerprint density at radius 2 is 0.457 bits per heavy atom. The molecule has 10 rings (SSSR count). The standard InChI is InChI=1S/C26H18.C20H12/c1-3-11-19(12-4-1)25-21-15-7-9-17-23(21)26(20-13-5-2-6-14-20)24-18-10-8-16-22(24)25;1-5-13-6-2-11-17-18-12-4-8-14-7-3-10-16(20(14)18)15(9-1)19(13)17/h1-18H;1-12H. The first-order valence-electron chi connectivity index (χ1n) is 16.0. The van der Waals surface area contributed by atoms with Crippen LogP contribution in [0.2, 0.25) is 0 Å². The molecule has 0 aliphatic rings. The molecule has 0 spiro atoms. The Hall–Kier alpha value is -5.98. The van der Waals surface area contributed by atoms with Gasteiger partial charge in [-0.2, -0.15) is 0 Å². The zero-order chi connectivity index (χ0) is 30.5. The Bertz CT molecular complexity index is 2340. The smallest absolute Gasteiger partial charge is 0.00264 e. The molecule has 0 saturated carbocycles. The SMILES string of the molecule is c1cc2cccc3c4cccc5cccc(c(c1)c23)c54.c1ccc(-c2c3ccccc3c(-c3ccccc3)c3ccccc23)cc1. The van der Waals surface area contributed by atoms with E-state index in [0.717, 1.165) is 0 Å². The van der Waals surface area contributed by atoms with E-state index in [1.807, 2.05) is 0 Å². The van der Waals surface area contributed by atoms with Gasteiger partial charge in [0.25, 0.3) is 0 Å². The summed E-state index contributed by atoms with van der Waals surface area (Å²) in [7, 11) is 0. The summed E-state index contributed by atoms with van der Waals surface area (Å²) in [5, 5.41) is 16.1. The van der Waals surface area contributed by atoms with E-state index < -0.39 is 0 Å². The molecule has 214 valence electrons. The molecule has 0 amide bonds. The van der Waals surface area contributed by atoms with Crippen molar-refractivity contribution >= 4 is 64.6 Å². The highest BCUT2D eigenvalue weighted by molar-refractivity contribution is 6.32. The van der Waals surface area contributed by atoms with Crippen LogP contribution in [0.1, 0.15) is 0 Å². The third-order valence-corrected chi connectivity index (χ3v) is 9.45. The van der Waals surface area contributed by atoms with Gasteiger partial charge in [0, 0.05) is 0 Å². The van der Waals surface area contributed by atoms with Crippen molar-refractivity contribution in [2.75, 3.05) is 0 Å². The van der Waals surface area contributed by atoms with Crippen LogP contribution in [0.4, 0.5) is 0 Å². The Balaban J connectivity index is 0.000000131. The van der Waals surface area contributed by atoms with Crippen molar-refractivity contribution < 1.29 is 0 Å². The van der Waals surface area contributed by atoms with E-state index in [1.54, 1.807) is 0 Å². The van der Waals surface area contributed by atoms with Gasteiger partial charge in [0.1, 0.15) is 0 Å². The van der Waals surface area contributed by atoms with Gasteiger partial charge in [0.05, 0.1) is 0 Å². The van der Waals surface area contributed by atoms with Gasteiger partial charge in [-0.1, -0.05) is 182 Å². The van der Waals surface area contributed by atoms with Crippen LogP contribution in [0, 0.1) is 0 Å². The van der Waals surface area contributed by atoms with E-state index in [4.69, 9.17) is 0 Å². The molecule has 0 unspecified atom stereocenters. The molecule has 0 radical (unpaired) electrons. The number of hydrogen-bond acceptors (Lipinski definition) is 0. The molecule has 46 heavy (non-hydrogen) atoms. The first-order valence-corrected chi connectivity index (χ1v) is 16.0. The maximum absolute atomic E-state index is 2.25. The molecule has 0 bridgehead atoms. The van der Waals surface area contributed by atoms with Gasteiger partial charge >= 0.3 is 0 Å². The highest BCUT2D eigenvalue weighted by Crippen LogP contribution is 2.43. The fourth-order valence-corrected chi connectivity index (χ4v) is 7.54. The first-order chi connectivity index (χ1) is 22.9. The molecule has 0 aliphatic heterocycles. The Morgan fingerprint density at radius 3 is 0.761 bits per heavy atom. The van der Waals surface area contributed by atoms with Crippen LogP contribution in [0.25, 0.3) is 86.9 Å². The molecule has 10 aromatic carbocycles. The molecule has 0 heteroatoms. The quantitative estimate of drug-likeness (QED) is 0.140. The normalized spacial score (nSPS) is 11.5. The summed E-state index contributed by atoms with van der Waals surface area (Å²) in [4.78, 5) is 0. The molecule has 0 saturated heterocycles. The molecular formula is C46H30. The lowest BCUT2D eigenvalue weighted by Gasteiger charge is -2.17. The van der Waals surface area contributed by atoms with E-state index in [9.17, 15) is 0 Å². The van der Waals surface area contributed by atoms with Gasteiger partial charge < -0.3 is 0 Å². The zero-order valence-corrected chi connectivity index (χ0v) is 25.3. The van der Waals surface area contributed by atoms with Crippen LogP contribution < -0.4 is 0 Å². The molecular weight excluding hydrogens is 553 g/mol. The van der Waals surface area contributed by atoms with Crippen LogP contribution in [-0.2, 0) is 0 Å². The summed E-state index contributed by atoms with van der Waals surface area (Å²) in [6.45, 7) is 0. The topological polar surface area (TPSA) is 0 Å². The van der Waals surface area contributed by atoms with E-state index in [0.29, 0.717) is 0 Å². The predicted molar refractivity (Wildman–Crippen MR) is 200 cm³/mol. The molecule has 0 aliphatic carbocycles. The van der Waals surface area contributed by atoms with Crippen molar-refractivity contribution in [3.63, 3.8) is 0 Å². The van der Waals surface area contributed by atoms with Gasteiger partial charge in [-0.05, 0) is 86.9 Å². The van der Waals surface area contributed by atoms with E-state index in [1.165, 1.54) is 86.9 Å². The fraction of sp³-hybridized carbons (Fsp3) is 0. The zero-order valence-electron chi connectivity index (χ0n) is 25.3. The number of benzene rings is 10. The van der Waals surface area contributed by atoms with Gasteiger partial charge in [-0.25, -0.2) is 0 Å². The Labute approximate surface area is 268 Å². The number of rotatable bonds is 2. The Morgan fingerprint density at radius 1 is 0.196 bits per heavy atom. The molecule has 0 N–H and O–H groups in total. The third kappa shape index (κ3) is 4.15. The summed E-state index contributed by atoms with van der Waals surface area (Å²) in [5.74, 6) is 0. The third-order valence-electron chi connectivity index (χ3n) is 9.45. The minimum Gasteiger partial charge on any atom is -0.0622 e. The van der Waals surface area contributed by atoms with Crippen molar-refractivity contribution in [1.29, 1.82) is 0 Å². The van der Waals surface area contributed by atoms with Crippen LogP contribution in [0.15, 0.2) is 182 Å². The monoisotopic (exact) mass is 582 g/mol. The molecule has 0 atom stereocenters. The summed E-state index contributed by atoms with van der Waals surface area (Å²) in [5.41, 5.74) is 5.16. The fourth-order valence-electron chi connectivity index (χ4n) is 7.54. The van der Waals surface area contributed by atoms with Crippen molar-refractivity contribution in [2.24, 2.45) is 0 Å². The van der Waals surface area contributed by atoms with Crippen molar-refractivity contribution in [1.82, 2.24) is 0 Å². The molecule has 0 heterocycles. The van der Waals surface area contributed by atoms with Crippen LogP contribution >= 0.6 is 0 Å². The summed E-state index contributed by atoms with van der Waals surface area (Å²) >= 11 is 0. The van der Waals surface area contributed by atoms with Gasteiger partial charge in [-0.3, -0.25) is 0 Å². The molecule has 0 fully saturated rings. The van der Waals surface area contributed by atoms with Crippen LogP contribution in [0.5, 0.6) is 0 Å². The summed E-state index contributed by atoms with van der Waals surface area (Å²) in [6, 6.07) is 65.4. The minimum absolute atomic E-state index is 1.26. The highest BCUT2D eigenvalue weighted by atomic mass is 14.2. The number of hydrogen-bond donors (Lipinski definition) is 0. The average Bonchev–Trinajstić information content (AvgIpc) is 3.13. The average molecular weight is 583 g/mol. The lowest BCUT2D eigenvalue weighted by molar-refractivity contribution is 1.65. The first kappa shape index (κ1) is 26.4. The lowest BCUT2D eigenvalue weighted by atomic mass is 9.86. The largest absolute Gasteiger partial charge is 0.0622 e. The van der Waals surface area contributed by atoms with Crippen molar-refractivity contribution in [3.8, 4) is 22.3 Å². The second kappa shape index (κ2) is 10.9. The molecule has 0 nitrogen and oxygen atoms in total. The second-order valence-corrected chi connectivity index (χ2v) is 12.0. The van der Waals surface area contributed by atoms with Gasteiger partial charge in [0.2, 0.25) is 0 Å². The lowest BCUT2D eigenvalue weighted by Crippen LogP contribution is -1.90. The number of fused-ring (bicyclic) bond motifs is 4. The van der Waals surface area contributed by atoms with Gasteiger partial charge in [0.15, 0.2) is 0 Å². The van der Waals surface area contributed by atoms with Crippen LogP contribution in [-0.4, -0.2) is 0 Å². The van der Waals surface area contributed by atoms with E-state index >= 15 is 0 Å². The summed E-state index contributed by atoms with van der Waals surface area (Å²) in [6.07, 6.45) is 0. The van der Waals surface area contributed by atoms with Crippen LogP contribution in [0.3, 0.4) is 0 Å². The molecule has 0 aromatic heterocycles. The second-order valence-electron chi connectivity index (χ2n) is 12.0. The summed E-state index contributed by atoms with van der Waals surface area (Å²) < 4.78 is 0. The predicted octanol–water partition coefficient (Wildman–Crippen LogP) is 13.1. The van der Waals surface area contributed by atoms with Crippen molar-refractivity contribution in [3.05, 3.63) is 182 Å². The molecule has 10 aromatic rings. The van der Waals surface area contributed by atoms with E-state index in [2.05, 4.69) is 182 Å². The minimum atomic E-state index is 1.26. The maximum Gasteiger partial charge on any atom is -0.00264 e. The van der Waals surface area contributed by atoms with Crippen molar-refractivity contribution in [2.45, 2.75) is 0 Å². The highest BCUT2D eigenvalue weighted by Gasteiger charge is 2.16.